The Morgan fingerprint density at radius 1 is 0.957 bits per heavy atom. The van der Waals surface area contributed by atoms with Crippen LogP contribution in [-0.2, 0) is 4.79 Å². The van der Waals surface area contributed by atoms with Crippen LogP contribution in [0.2, 0.25) is 0 Å². The monoisotopic (exact) mass is 319 g/mol. The molecular weight excluding hydrogens is 290 g/mol. The summed E-state index contributed by atoms with van der Waals surface area (Å²) in [5, 5.41) is 0. The van der Waals surface area contributed by atoms with E-state index in [0.717, 1.165) is 17.0 Å². The minimum absolute atomic E-state index is 0.0159. The zero-order valence-corrected chi connectivity index (χ0v) is 15.2. The van der Waals surface area contributed by atoms with Gasteiger partial charge in [0.2, 0.25) is 5.91 Å². The number of rotatable bonds is 3. The van der Waals surface area contributed by atoms with Crippen LogP contribution in [0.4, 0.5) is 0 Å². The number of carbonyl (C=O) groups is 2. The minimum Gasteiger partial charge on any atom is -0.346 e. The summed E-state index contributed by atoms with van der Waals surface area (Å²) in [6, 6.07) is 2.33. The highest BCUT2D eigenvalue weighted by Gasteiger charge is 2.28. The summed E-state index contributed by atoms with van der Waals surface area (Å²) < 4.78 is 2.20. The van der Waals surface area contributed by atoms with E-state index in [1.54, 1.807) is 0 Å². The first-order chi connectivity index (χ1) is 10.7. The third-order valence-corrected chi connectivity index (χ3v) is 4.60. The Balaban J connectivity index is 2.09. The molecule has 0 saturated carbocycles. The van der Waals surface area contributed by atoms with Crippen LogP contribution in [0.5, 0.6) is 0 Å². The van der Waals surface area contributed by atoms with E-state index in [4.69, 9.17) is 0 Å². The lowest BCUT2D eigenvalue weighted by Gasteiger charge is -2.35. The molecular formula is C18H29N3O2. The molecule has 1 saturated heterocycles. The Morgan fingerprint density at radius 3 is 1.91 bits per heavy atom. The number of piperazine rings is 1. The van der Waals surface area contributed by atoms with Gasteiger partial charge in [-0.2, -0.15) is 0 Å². The van der Waals surface area contributed by atoms with Crippen LogP contribution in [0.3, 0.4) is 0 Å². The number of carbonyl (C=O) groups excluding carboxylic acids is 2. The number of hydrogen-bond donors (Lipinski definition) is 0. The van der Waals surface area contributed by atoms with Gasteiger partial charge in [0.1, 0.15) is 0 Å². The normalized spacial score (nSPS) is 15.7. The molecule has 0 aliphatic carbocycles. The van der Waals surface area contributed by atoms with Gasteiger partial charge in [-0.15, -0.1) is 0 Å². The van der Waals surface area contributed by atoms with Gasteiger partial charge < -0.3 is 14.4 Å². The second kappa shape index (κ2) is 6.77. The fourth-order valence-electron chi connectivity index (χ4n) is 3.45. The van der Waals surface area contributed by atoms with Crippen molar-refractivity contribution in [2.75, 3.05) is 26.2 Å². The van der Waals surface area contributed by atoms with Crippen molar-refractivity contribution in [3.63, 3.8) is 0 Å². The van der Waals surface area contributed by atoms with Gasteiger partial charge in [0.25, 0.3) is 5.91 Å². The molecule has 5 heteroatoms. The zero-order valence-electron chi connectivity index (χ0n) is 15.2. The molecule has 1 aliphatic rings. The standard InChI is InChI=1S/C18H29N3O2/c1-12(2)17(22)19-7-9-20(10-8-19)18(23)16-11-14(5)21(13(3)4)15(16)6/h11-13H,7-10H2,1-6H3. The van der Waals surface area contributed by atoms with Crippen LogP contribution in [0.25, 0.3) is 0 Å². The average molecular weight is 319 g/mol. The van der Waals surface area contributed by atoms with Crippen molar-refractivity contribution in [3.8, 4) is 0 Å². The van der Waals surface area contributed by atoms with Gasteiger partial charge in [0.15, 0.2) is 0 Å². The van der Waals surface area contributed by atoms with Gasteiger partial charge in [-0.3, -0.25) is 9.59 Å². The maximum atomic E-state index is 12.8. The third kappa shape index (κ3) is 3.43. The van der Waals surface area contributed by atoms with Crippen LogP contribution in [-0.4, -0.2) is 52.4 Å². The first kappa shape index (κ1) is 17.6. The van der Waals surface area contributed by atoms with Gasteiger partial charge in [-0.05, 0) is 33.8 Å². The molecule has 0 aromatic carbocycles. The molecule has 0 N–H and O–H groups in total. The molecule has 0 bridgehead atoms. The van der Waals surface area contributed by atoms with Gasteiger partial charge >= 0.3 is 0 Å². The maximum Gasteiger partial charge on any atom is 0.255 e. The van der Waals surface area contributed by atoms with E-state index in [1.165, 1.54) is 0 Å². The van der Waals surface area contributed by atoms with Gasteiger partial charge in [0, 0.05) is 49.5 Å². The lowest BCUT2D eigenvalue weighted by atomic mass is 10.1. The summed E-state index contributed by atoms with van der Waals surface area (Å²) in [6.07, 6.45) is 0. The second-order valence-corrected chi connectivity index (χ2v) is 7.02. The first-order valence-electron chi connectivity index (χ1n) is 8.50. The SMILES string of the molecule is Cc1cc(C(=O)N2CCN(C(=O)C(C)C)CC2)c(C)n1C(C)C. The van der Waals surface area contributed by atoms with Crippen LogP contribution < -0.4 is 0 Å². The summed E-state index contributed by atoms with van der Waals surface area (Å²) in [4.78, 5) is 28.6. The van der Waals surface area contributed by atoms with Gasteiger partial charge in [0.05, 0.1) is 5.56 Å². The smallest absolute Gasteiger partial charge is 0.255 e. The second-order valence-electron chi connectivity index (χ2n) is 7.02. The van der Waals surface area contributed by atoms with Crippen molar-refractivity contribution in [2.45, 2.75) is 47.6 Å². The Labute approximate surface area is 139 Å². The van der Waals surface area contributed by atoms with Crippen molar-refractivity contribution in [2.24, 2.45) is 5.92 Å². The summed E-state index contributed by atoms with van der Waals surface area (Å²) in [6.45, 7) is 14.6. The van der Waals surface area contributed by atoms with Crippen LogP contribution in [0, 0.1) is 19.8 Å². The first-order valence-corrected chi connectivity index (χ1v) is 8.50. The lowest BCUT2D eigenvalue weighted by Crippen LogP contribution is -2.51. The van der Waals surface area contributed by atoms with Gasteiger partial charge in [-0.25, -0.2) is 0 Å². The van der Waals surface area contributed by atoms with Crippen molar-refractivity contribution in [1.29, 1.82) is 0 Å². The number of aryl methyl sites for hydroxylation is 1. The quantitative estimate of drug-likeness (QED) is 0.860. The van der Waals surface area contributed by atoms with E-state index in [2.05, 4.69) is 18.4 Å². The molecule has 0 atom stereocenters. The maximum absolute atomic E-state index is 12.8. The molecule has 1 fully saturated rings. The molecule has 128 valence electrons. The van der Waals surface area contributed by atoms with E-state index < -0.39 is 0 Å². The molecule has 1 aliphatic heterocycles. The Morgan fingerprint density at radius 2 is 1.48 bits per heavy atom. The molecule has 0 radical (unpaired) electrons. The molecule has 2 heterocycles. The van der Waals surface area contributed by atoms with E-state index in [-0.39, 0.29) is 17.7 Å². The number of amides is 2. The molecule has 0 spiro atoms. The number of nitrogens with zero attached hydrogens (tertiary/aromatic N) is 3. The van der Waals surface area contributed by atoms with Crippen molar-refractivity contribution >= 4 is 11.8 Å². The molecule has 23 heavy (non-hydrogen) atoms. The fourth-order valence-corrected chi connectivity index (χ4v) is 3.45. The lowest BCUT2D eigenvalue weighted by molar-refractivity contribution is -0.135. The van der Waals surface area contributed by atoms with Crippen LogP contribution in [0.15, 0.2) is 6.07 Å². The predicted octanol–water partition coefficient (Wildman–Crippen LogP) is 2.63. The summed E-state index contributed by atoms with van der Waals surface area (Å²) in [5.74, 6) is 0.277. The fraction of sp³-hybridized carbons (Fsp3) is 0.667. The van der Waals surface area contributed by atoms with E-state index in [0.29, 0.717) is 32.2 Å². The Bertz CT molecular complexity index is 594. The van der Waals surface area contributed by atoms with Crippen LogP contribution in [0.1, 0.15) is 55.5 Å². The number of aromatic nitrogens is 1. The average Bonchev–Trinajstić information content (AvgIpc) is 2.80. The molecule has 2 rings (SSSR count). The molecule has 2 amide bonds. The van der Waals surface area contributed by atoms with Crippen molar-refractivity contribution < 1.29 is 9.59 Å². The van der Waals surface area contributed by atoms with E-state index in [1.807, 2.05) is 43.6 Å². The van der Waals surface area contributed by atoms with Crippen molar-refractivity contribution in [1.82, 2.24) is 14.4 Å². The van der Waals surface area contributed by atoms with E-state index >= 15 is 0 Å². The van der Waals surface area contributed by atoms with Crippen molar-refractivity contribution in [3.05, 3.63) is 23.0 Å². The summed E-state index contributed by atoms with van der Waals surface area (Å²) >= 11 is 0. The van der Waals surface area contributed by atoms with Gasteiger partial charge in [-0.1, -0.05) is 13.8 Å². The third-order valence-electron chi connectivity index (χ3n) is 4.60. The zero-order chi connectivity index (χ0) is 17.3. The van der Waals surface area contributed by atoms with Crippen LogP contribution >= 0.6 is 0 Å². The Hall–Kier alpha value is -1.78. The highest BCUT2D eigenvalue weighted by atomic mass is 16.2. The highest BCUT2D eigenvalue weighted by molar-refractivity contribution is 5.96. The summed E-state index contributed by atoms with van der Waals surface area (Å²) in [7, 11) is 0. The summed E-state index contributed by atoms with van der Waals surface area (Å²) in [5.41, 5.74) is 2.94. The topological polar surface area (TPSA) is 45.6 Å². The molecule has 0 unspecified atom stereocenters. The number of hydrogen-bond acceptors (Lipinski definition) is 2. The molecule has 1 aromatic rings. The highest BCUT2D eigenvalue weighted by Crippen LogP contribution is 2.22. The Kier molecular flexibility index (Phi) is 5.17. The van der Waals surface area contributed by atoms with E-state index in [9.17, 15) is 9.59 Å². The predicted molar refractivity (Wildman–Crippen MR) is 91.6 cm³/mol. The molecule has 5 nitrogen and oxygen atoms in total. The molecule has 1 aromatic heterocycles. The largest absolute Gasteiger partial charge is 0.346 e. The minimum atomic E-state index is 0.0159.